The fraction of sp³-hybridized carbons (Fsp3) is 0.533. The van der Waals surface area contributed by atoms with Gasteiger partial charge in [-0.3, -0.25) is 10.1 Å². The Bertz CT molecular complexity index is 430. The molecule has 2 N–H and O–H groups in total. The van der Waals surface area contributed by atoms with Crippen LogP contribution in [0.5, 0.6) is 0 Å². The van der Waals surface area contributed by atoms with E-state index in [9.17, 15) is 9.90 Å². The molecule has 0 radical (unpaired) electrons. The Morgan fingerprint density at radius 3 is 2.68 bits per heavy atom. The minimum Gasteiger partial charge on any atom is -0.480 e. The molecule has 19 heavy (non-hydrogen) atoms. The average Bonchev–Trinajstić information content (AvgIpc) is 2.35. The summed E-state index contributed by atoms with van der Waals surface area (Å²) in [5, 5.41) is 12.6. The van der Waals surface area contributed by atoms with Crippen LogP contribution >= 0.6 is 0 Å². The predicted octanol–water partition coefficient (Wildman–Crippen LogP) is 2.36. The smallest absolute Gasteiger partial charge is 0.325 e. The summed E-state index contributed by atoms with van der Waals surface area (Å²) in [7, 11) is 0. The van der Waals surface area contributed by atoms with Crippen LogP contribution < -0.4 is 5.32 Å². The van der Waals surface area contributed by atoms with Gasteiger partial charge in [0.2, 0.25) is 0 Å². The van der Waals surface area contributed by atoms with Gasteiger partial charge in [0.25, 0.3) is 0 Å². The van der Waals surface area contributed by atoms with Crippen molar-refractivity contribution in [3.05, 3.63) is 35.9 Å². The second-order valence-corrected chi connectivity index (χ2v) is 5.65. The molecule has 104 valence electrons. The van der Waals surface area contributed by atoms with Crippen LogP contribution in [0.2, 0.25) is 0 Å². The first-order valence-corrected chi connectivity index (χ1v) is 6.66. The van der Waals surface area contributed by atoms with Crippen molar-refractivity contribution in [3.63, 3.8) is 0 Å². The molecule has 1 aromatic carbocycles. The number of nitrogens with one attached hydrogen (secondary N) is 1. The first-order chi connectivity index (χ1) is 8.98. The van der Waals surface area contributed by atoms with Crippen LogP contribution in [0.4, 0.5) is 0 Å². The van der Waals surface area contributed by atoms with Crippen LogP contribution in [-0.4, -0.2) is 29.3 Å². The number of benzene rings is 1. The van der Waals surface area contributed by atoms with Crippen molar-refractivity contribution in [1.82, 2.24) is 5.32 Å². The van der Waals surface area contributed by atoms with E-state index in [0.29, 0.717) is 6.61 Å². The number of hydrogen-bond donors (Lipinski definition) is 2. The lowest BCUT2D eigenvalue weighted by Gasteiger charge is -2.37. The molecule has 0 aliphatic carbocycles. The first-order valence-electron chi connectivity index (χ1n) is 6.66. The first kappa shape index (κ1) is 14.0. The van der Waals surface area contributed by atoms with Gasteiger partial charge in [0.15, 0.2) is 0 Å². The molecule has 1 saturated heterocycles. The summed E-state index contributed by atoms with van der Waals surface area (Å²) < 4.78 is 5.66. The Morgan fingerprint density at radius 2 is 2.11 bits per heavy atom. The highest BCUT2D eigenvalue weighted by atomic mass is 16.5. The minimum atomic E-state index is -0.838. The second kappa shape index (κ2) is 5.72. The van der Waals surface area contributed by atoms with Gasteiger partial charge in [-0.05, 0) is 32.3 Å². The zero-order chi connectivity index (χ0) is 13.9. The number of hydrogen-bond acceptors (Lipinski definition) is 3. The Morgan fingerprint density at radius 1 is 1.42 bits per heavy atom. The standard InChI is InChI=1S/C15H21NO3/c1-15(2)10-12(8-9-19-15)16-13(14(17)18)11-6-4-3-5-7-11/h3-7,12-13,16H,8-10H2,1-2H3,(H,17,18). The highest BCUT2D eigenvalue weighted by molar-refractivity contribution is 5.75. The minimum absolute atomic E-state index is 0.171. The molecule has 1 aliphatic rings. The van der Waals surface area contributed by atoms with Crippen molar-refractivity contribution in [2.75, 3.05) is 6.61 Å². The van der Waals surface area contributed by atoms with Crippen molar-refractivity contribution < 1.29 is 14.6 Å². The van der Waals surface area contributed by atoms with Crippen LogP contribution in [-0.2, 0) is 9.53 Å². The zero-order valence-electron chi connectivity index (χ0n) is 11.4. The maximum absolute atomic E-state index is 11.4. The van der Waals surface area contributed by atoms with Gasteiger partial charge in [0.05, 0.1) is 5.60 Å². The van der Waals surface area contributed by atoms with Gasteiger partial charge < -0.3 is 9.84 Å². The van der Waals surface area contributed by atoms with Crippen molar-refractivity contribution in [3.8, 4) is 0 Å². The maximum atomic E-state index is 11.4. The number of aliphatic carboxylic acids is 1. The second-order valence-electron chi connectivity index (χ2n) is 5.65. The molecule has 1 aromatic rings. The van der Waals surface area contributed by atoms with Crippen LogP contribution in [0.1, 0.15) is 38.3 Å². The lowest BCUT2D eigenvalue weighted by molar-refractivity contribution is -0.140. The summed E-state index contributed by atoms with van der Waals surface area (Å²) in [5.41, 5.74) is 0.606. The molecule has 1 fully saturated rings. The summed E-state index contributed by atoms with van der Waals surface area (Å²) in [6, 6.07) is 8.82. The third-order valence-electron chi connectivity index (χ3n) is 3.48. The summed E-state index contributed by atoms with van der Waals surface area (Å²) in [6.07, 6.45) is 1.67. The summed E-state index contributed by atoms with van der Waals surface area (Å²) in [6.45, 7) is 4.75. The largest absolute Gasteiger partial charge is 0.480 e. The molecule has 4 nitrogen and oxygen atoms in total. The normalized spacial score (nSPS) is 23.8. The fourth-order valence-electron chi connectivity index (χ4n) is 2.57. The molecule has 0 aromatic heterocycles. The molecule has 2 unspecified atom stereocenters. The number of rotatable bonds is 4. The van der Waals surface area contributed by atoms with Crippen molar-refractivity contribution in [2.45, 2.75) is 44.4 Å². The van der Waals surface area contributed by atoms with E-state index >= 15 is 0 Å². The molecule has 2 atom stereocenters. The molecule has 2 rings (SSSR count). The van der Waals surface area contributed by atoms with Gasteiger partial charge >= 0.3 is 5.97 Å². The molecule has 0 spiro atoms. The average molecular weight is 263 g/mol. The van der Waals surface area contributed by atoms with Gasteiger partial charge in [-0.2, -0.15) is 0 Å². The van der Waals surface area contributed by atoms with Gasteiger partial charge in [0.1, 0.15) is 6.04 Å². The molecule has 0 bridgehead atoms. The van der Waals surface area contributed by atoms with E-state index in [4.69, 9.17) is 4.74 Å². The van der Waals surface area contributed by atoms with Crippen molar-refractivity contribution >= 4 is 5.97 Å². The van der Waals surface area contributed by atoms with Gasteiger partial charge in [-0.1, -0.05) is 30.3 Å². The van der Waals surface area contributed by atoms with Gasteiger partial charge in [-0.25, -0.2) is 0 Å². The summed E-state index contributed by atoms with van der Waals surface area (Å²) in [5.74, 6) is -0.838. The Balaban J connectivity index is 2.08. The Kier molecular flexibility index (Phi) is 4.22. The molecule has 1 heterocycles. The van der Waals surface area contributed by atoms with Crippen molar-refractivity contribution in [1.29, 1.82) is 0 Å². The molecular weight excluding hydrogens is 242 g/mol. The van der Waals surface area contributed by atoms with E-state index in [-0.39, 0.29) is 11.6 Å². The quantitative estimate of drug-likeness (QED) is 0.875. The van der Waals surface area contributed by atoms with Gasteiger partial charge in [-0.15, -0.1) is 0 Å². The lowest BCUT2D eigenvalue weighted by atomic mass is 9.92. The van der Waals surface area contributed by atoms with Crippen LogP contribution in [0.3, 0.4) is 0 Å². The van der Waals surface area contributed by atoms with E-state index < -0.39 is 12.0 Å². The zero-order valence-corrected chi connectivity index (χ0v) is 11.4. The molecule has 0 saturated carbocycles. The number of carboxylic acid groups (broad SMARTS) is 1. The third-order valence-corrected chi connectivity index (χ3v) is 3.48. The van der Waals surface area contributed by atoms with E-state index in [2.05, 4.69) is 5.32 Å². The topological polar surface area (TPSA) is 58.6 Å². The molecule has 4 heteroatoms. The summed E-state index contributed by atoms with van der Waals surface area (Å²) >= 11 is 0. The van der Waals surface area contributed by atoms with Crippen LogP contribution in [0.15, 0.2) is 30.3 Å². The predicted molar refractivity (Wildman–Crippen MR) is 73.0 cm³/mol. The monoisotopic (exact) mass is 263 g/mol. The fourth-order valence-corrected chi connectivity index (χ4v) is 2.57. The molecular formula is C15H21NO3. The SMILES string of the molecule is CC1(C)CC(NC(C(=O)O)c2ccccc2)CCO1. The van der Waals surface area contributed by atoms with Crippen LogP contribution in [0.25, 0.3) is 0 Å². The van der Waals surface area contributed by atoms with Crippen molar-refractivity contribution in [2.24, 2.45) is 0 Å². The van der Waals surface area contributed by atoms with Crippen LogP contribution in [0, 0.1) is 0 Å². The lowest BCUT2D eigenvalue weighted by Crippen LogP contribution is -2.46. The number of carboxylic acids is 1. The van der Waals surface area contributed by atoms with E-state index in [1.54, 1.807) is 0 Å². The maximum Gasteiger partial charge on any atom is 0.325 e. The highest BCUT2D eigenvalue weighted by Gasteiger charge is 2.31. The Hall–Kier alpha value is -1.39. The Labute approximate surface area is 113 Å². The molecule has 0 amide bonds. The van der Waals surface area contributed by atoms with Gasteiger partial charge in [0, 0.05) is 12.6 Å². The molecule has 1 aliphatic heterocycles. The van der Waals surface area contributed by atoms with E-state index in [1.165, 1.54) is 0 Å². The third kappa shape index (κ3) is 3.78. The highest BCUT2D eigenvalue weighted by Crippen LogP contribution is 2.26. The van der Waals surface area contributed by atoms with E-state index in [1.807, 2.05) is 44.2 Å². The number of carbonyl (C=O) groups is 1. The van der Waals surface area contributed by atoms with E-state index in [0.717, 1.165) is 18.4 Å². The summed E-state index contributed by atoms with van der Waals surface area (Å²) in [4.78, 5) is 11.4. The number of ether oxygens (including phenoxy) is 1.